The molecule has 0 N–H and O–H groups in total. The summed E-state index contributed by atoms with van der Waals surface area (Å²) in [5, 5.41) is 9.60. The van der Waals surface area contributed by atoms with Crippen molar-refractivity contribution in [2.45, 2.75) is 33.2 Å². The number of hydrogen-bond acceptors (Lipinski definition) is 4. The van der Waals surface area contributed by atoms with Gasteiger partial charge in [-0.2, -0.15) is 5.26 Å². The van der Waals surface area contributed by atoms with Crippen LogP contribution in [-0.4, -0.2) is 14.5 Å². The largest absolute Gasteiger partial charge is 0.296 e. The van der Waals surface area contributed by atoms with E-state index in [4.69, 9.17) is 10.2 Å². The van der Waals surface area contributed by atoms with E-state index in [2.05, 4.69) is 18.8 Å². The van der Waals surface area contributed by atoms with E-state index in [1.54, 1.807) is 6.07 Å². The average Bonchev–Trinajstić information content (AvgIpc) is 2.67. The zero-order chi connectivity index (χ0) is 19.0. The maximum Gasteiger partial charge on any atom is 0.261 e. The van der Waals surface area contributed by atoms with Crippen LogP contribution in [0.25, 0.3) is 23.1 Å². The van der Waals surface area contributed by atoms with Gasteiger partial charge < -0.3 is 0 Å². The summed E-state index contributed by atoms with van der Waals surface area (Å²) in [5.41, 5.74) is 2.95. The lowest BCUT2D eigenvalue weighted by Crippen LogP contribution is -2.36. The summed E-state index contributed by atoms with van der Waals surface area (Å²) in [6.07, 6.45) is 5.63. The van der Waals surface area contributed by atoms with Gasteiger partial charge in [-0.15, -0.1) is 0 Å². The molecule has 5 nitrogen and oxygen atoms in total. The van der Waals surface area contributed by atoms with Gasteiger partial charge in [0.15, 0.2) is 0 Å². The van der Waals surface area contributed by atoms with Crippen LogP contribution in [0.3, 0.4) is 0 Å². The molecule has 0 amide bonds. The smallest absolute Gasteiger partial charge is 0.261 e. The minimum absolute atomic E-state index is 0.0432. The zero-order valence-corrected chi connectivity index (χ0v) is 15.4. The monoisotopic (exact) mass is 356 g/mol. The Kier molecular flexibility index (Phi) is 4.12. The summed E-state index contributed by atoms with van der Waals surface area (Å²) < 4.78 is 1.83. The van der Waals surface area contributed by atoms with Crippen LogP contribution in [0.5, 0.6) is 0 Å². The molecule has 27 heavy (non-hydrogen) atoms. The Bertz CT molecular complexity index is 1170. The highest BCUT2D eigenvalue weighted by molar-refractivity contribution is 5.82. The van der Waals surface area contributed by atoms with E-state index >= 15 is 0 Å². The van der Waals surface area contributed by atoms with Crippen molar-refractivity contribution in [2.75, 3.05) is 0 Å². The second kappa shape index (κ2) is 6.48. The van der Waals surface area contributed by atoms with Gasteiger partial charge in [0.2, 0.25) is 0 Å². The van der Waals surface area contributed by atoms with Gasteiger partial charge in [0.05, 0.1) is 16.6 Å². The zero-order valence-electron chi connectivity index (χ0n) is 15.4. The molecule has 0 fully saturated rings. The molecule has 5 heteroatoms. The summed E-state index contributed by atoms with van der Waals surface area (Å²) in [6.45, 7) is 5.10. The lowest BCUT2D eigenvalue weighted by atomic mass is 9.85. The molecule has 4 rings (SSSR count). The SMILES string of the molecule is CC1(C)CCc2nc3cc(/C=C/c4cccc(C#N)n4)ccc3c(=O)n2C1. The molecule has 0 unspecified atom stereocenters. The Morgan fingerprint density at radius 2 is 2.04 bits per heavy atom. The van der Waals surface area contributed by atoms with E-state index in [0.717, 1.165) is 35.4 Å². The first-order valence-corrected chi connectivity index (χ1v) is 9.04. The molecule has 0 bridgehead atoms. The third-order valence-corrected chi connectivity index (χ3v) is 5.00. The predicted molar refractivity (Wildman–Crippen MR) is 106 cm³/mol. The first kappa shape index (κ1) is 17.2. The first-order valence-electron chi connectivity index (χ1n) is 9.04. The van der Waals surface area contributed by atoms with Crippen molar-refractivity contribution in [3.8, 4) is 6.07 Å². The number of benzene rings is 1. The summed E-state index contributed by atoms with van der Waals surface area (Å²) in [4.78, 5) is 21.9. The van der Waals surface area contributed by atoms with Crippen LogP contribution in [0, 0.1) is 16.7 Å². The van der Waals surface area contributed by atoms with Gasteiger partial charge >= 0.3 is 0 Å². The Morgan fingerprint density at radius 3 is 2.85 bits per heavy atom. The second-order valence-corrected chi connectivity index (χ2v) is 7.75. The summed E-state index contributed by atoms with van der Waals surface area (Å²) in [5.74, 6) is 0.872. The third-order valence-electron chi connectivity index (χ3n) is 5.00. The second-order valence-electron chi connectivity index (χ2n) is 7.75. The van der Waals surface area contributed by atoms with Gasteiger partial charge in [-0.3, -0.25) is 9.36 Å². The van der Waals surface area contributed by atoms with E-state index in [9.17, 15) is 4.79 Å². The topological polar surface area (TPSA) is 71.6 Å². The molecule has 2 aromatic heterocycles. The number of rotatable bonds is 2. The van der Waals surface area contributed by atoms with Crippen LogP contribution in [0.4, 0.5) is 0 Å². The fourth-order valence-electron chi connectivity index (χ4n) is 3.49. The van der Waals surface area contributed by atoms with Crippen LogP contribution in [0.15, 0.2) is 41.2 Å². The number of pyridine rings is 1. The molecule has 134 valence electrons. The molecule has 3 aromatic rings. The number of nitrogens with zero attached hydrogens (tertiary/aromatic N) is 4. The Hall–Kier alpha value is -3.26. The number of aromatic nitrogens is 3. The maximum atomic E-state index is 12.9. The first-order chi connectivity index (χ1) is 12.9. The van der Waals surface area contributed by atoms with Crippen molar-refractivity contribution >= 4 is 23.1 Å². The number of hydrogen-bond donors (Lipinski definition) is 0. The van der Waals surface area contributed by atoms with E-state index in [-0.39, 0.29) is 11.0 Å². The standard InChI is InChI=1S/C22H20N4O/c1-22(2)11-10-20-25-19-12-15(7-9-18(19)21(27)26(20)14-22)6-8-16-4-3-5-17(13-23)24-16/h3-9,12H,10-11,14H2,1-2H3/b8-6+. The summed E-state index contributed by atoms with van der Waals surface area (Å²) in [7, 11) is 0. The molecule has 0 aliphatic carbocycles. The number of nitriles is 1. The minimum Gasteiger partial charge on any atom is -0.296 e. The molecule has 1 aromatic carbocycles. The highest BCUT2D eigenvalue weighted by atomic mass is 16.1. The van der Waals surface area contributed by atoms with Crippen molar-refractivity contribution in [1.82, 2.24) is 14.5 Å². The summed E-state index contributed by atoms with van der Waals surface area (Å²) >= 11 is 0. The van der Waals surface area contributed by atoms with Crippen molar-refractivity contribution in [3.63, 3.8) is 0 Å². The van der Waals surface area contributed by atoms with E-state index in [1.807, 2.05) is 53.1 Å². The molecular formula is C22H20N4O. The predicted octanol–water partition coefficient (Wildman–Crippen LogP) is 3.81. The van der Waals surface area contributed by atoms with Crippen LogP contribution >= 0.6 is 0 Å². The van der Waals surface area contributed by atoms with Crippen LogP contribution < -0.4 is 5.56 Å². The van der Waals surface area contributed by atoms with Crippen molar-refractivity contribution in [1.29, 1.82) is 5.26 Å². The molecule has 1 aliphatic rings. The lowest BCUT2D eigenvalue weighted by Gasteiger charge is -2.31. The van der Waals surface area contributed by atoms with Gasteiger partial charge in [-0.25, -0.2) is 9.97 Å². The molecule has 0 spiro atoms. The van der Waals surface area contributed by atoms with Gasteiger partial charge in [-0.05, 0) is 47.7 Å². The quantitative estimate of drug-likeness (QED) is 0.700. The maximum absolute atomic E-state index is 12.9. The van der Waals surface area contributed by atoms with Crippen LogP contribution in [0.1, 0.15) is 43.0 Å². The molecule has 0 radical (unpaired) electrons. The molecule has 0 saturated carbocycles. The normalized spacial score (nSPS) is 15.6. The van der Waals surface area contributed by atoms with Gasteiger partial charge in [-0.1, -0.05) is 32.1 Å². The lowest BCUT2D eigenvalue weighted by molar-refractivity contribution is 0.240. The third kappa shape index (κ3) is 3.39. The Labute approximate surface area is 157 Å². The van der Waals surface area contributed by atoms with E-state index < -0.39 is 0 Å². The Balaban J connectivity index is 1.72. The molecule has 0 atom stereocenters. The van der Waals surface area contributed by atoms with Gasteiger partial charge in [0.25, 0.3) is 5.56 Å². The van der Waals surface area contributed by atoms with Crippen molar-refractivity contribution in [3.05, 3.63) is 69.5 Å². The van der Waals surface area contributed by atoms with E-state index in [0.29, 0.717) is 17.6 Å². The van der Waals surface area contributed by atoms with Crippen LogP contribution in [0.2, 0.25) is 0 Å². The number of fused-ring (bicyclic) bond motifs is 2. The molecule has 0 saturated heterocycles. The van der Waals surface area contributed by atoms with E-state index in [1.165, 1.54) is 0 Å². The fraction of sp³-hybridized carbons (Fsp3) is 0.273. The van der Waals surface area contributed by atoms with Crippen molar-refractivity contribution in [2.24, 2.45) is 5.41 Å². The highest BCUT2D eigenvalue weighted by Crippen LogP contribution is 2.29. The summed E-state index contributed by atoms with van der Waals surface area (Å²) in [6, 6.07) is 13.1. The van der Waals surface area contributed by atoms with Crippen molar-refractivity contribution < 1.29 is 0 Å². The fourth-order valence-corrected chi connectivity index (χ4v) is 3.49. The average molecular weight is 356 g/mol. The van der Waals surface area contributed by atoms with Gasteiger partial charge in [0, 0.05) is 13.0 Å². The minimum atomic E-state index is 0.0432. The Morgan fingerprint density at radius 1 is 1.19 bits per heavy atom. The highest BCUT2D eigenvalue weighted by Gasteiger charge is 2.27. The molecular weight excluding hydrogens is 336 g/mol. The molecule has 3 heterocycles. The number of aryl methyl sites for hydroxylation is 1. The van der Waals surface area contributed by atoms with Crippen LogP contribution in [-0.2, 0) is 13.0 Å². The molecule has 1 aliphatic heterocycles. The van der Waals surface area contributed by atoms with Gasteiger partial charge in [0.1, 0.15) is 17.6 Å².